The lowest BCUT2D eigenvalue weighted by Gasteiger charge is -2.02. The molecule has 1 heterocycles. The molecule has 0 spiro atoms. The van der Waals surface area contributed by atoms with Gasteiger partial charge in [0.15, 0.2) is 0 Å². The van der Waals surface area contributed by atoms with Gasteiger partial charge in [-0.1, -0.05) is 27.5 Å². The van der Waals surface area contributed by atoms with Gasteiger partial charge in [-0.15, -0.1) is 0 Å². The first-order valence-corrected chi connectivity index (χ1v) is 7.28. The Morgan fingerprint density at radius 3 is 2.52 bits per heavy atom. The lowest BCUT2D eigenvalue weighted by Crippen LogP contribution is -1.94. The molecule has 0 saturated carbocycles. The predicted octanol–water partition coefficient (Wildman–Crippen LogP) is 4.68. The molecular formula is C15H10BrClFN3. The number of aromatic nitrogens is 2. The van der Waals surface area contributed by atoms with Gasteiger partial charge >= 0.3 is 0 Å². The van der Waals surface area contributed by atoms with Crippen LogP contribution in [0.3, 0.4) is 0 Å². The fourth-order valence-electron chi connectivity index (χ4n) is 1.98. The van der Waals surface area contributed by atoms with E-state index in [1.165, 1.54) is 12.1 Å². The van der Waals surface area contributed by atoms with E-state index >= 15 is 0 Å². The van der Waals surface area contributed by atoms with Crippen molar-refractivity contribution in [3.05, 3.63) is 64.0 Å². The van der Waals surface area contributed by atoms with Gasteiger partial charge in [0.05, 0.1) is 22.6 Å². The Hall–Kier alpha value is -1.85. The summed E-state index contributed by atoms with van der Waals surface area (Å²) >= 11 is 9.19. The normalized spacial score (nSPS) is 10.8. The highest BCUT2D eigenvalue weighted by Crippen LogP contribution is 2.28. The highest BCUT2D eigenvalue weighted by Gasteiger charge is 2.11. The number of anilines is 1. The highest BCUT2D eigenvalue weighted by atomic mass is 79.9. The van der Waals surface area contributed by atoms with Crippen molar-refractivity contribution in [2.24, 2.45) is 0 Å². The Kier molecular flexibility index (Phi) is 3.69. The van der Waals surface area contributed by atoms with Crippen LogP contribution in [0.15, 0.2) is 53.1 Å². The third kappa shape index (κ3) is 2.80. The van der Waals surface area contributed by atoms with Gasteiger partial charge < -0.3 is 5.73 Å². The predicted molar refractivity (Wildman–Crippen MR) is 86.1 cm³/mol. The molecule has 0 aliphatic carbocycles. The molecule has 0 radical (unpaired) electrons. The largest absolute Gasteiger partial charge is 0.396 e. The van der Waals surface area contributed by atoms with Crippen molar-refractivity contribution in [1.29, 1.82) is 0 Å². The van der Waals surface area contributed by atoms with E-state index in [1.807, 2.05) is 24.3 Å². The lowest BCUT2D eigenvalue weighted by atomic mass is 10.1. The summed E-state index contributed by atoms with van der Waals surface area (Å²) in [6.07, 6.45) is 1.72. The molecule has 0 amide bonds. The minimum absolute atomic E-state index is 0.0464. The molecule has 0 bridgehead atoms. The summed E-state index contributed by atoms with van der Waals surface area (Å²) in [6.45, 7) is 0. The molecule has 0 aliphatic rings. The van der Waals surface area contributed by atoms with Crippen LogP contribution in [-0.2, 0) is 0 Å². The maximum atomic E-state index is 13.2. The van der Waals surface area contributed by atoms with Crippen LogP contribution in [0.1, 0.15) is 0 Å². The second-order valence-corrected chi connectivity index (χ2v) is 5.81. The summed E-state index contributed by atoms with van der Waals surface area (Å²) in [4.78, 5) is 0. The van der Waals surface area contributed by atoms with Crippen LogP contribution in [0.25, 0.3) is 16.9 Å². The smallest absolute Gasteiger partial charge is 0.141 e. The quantitative estimate of drug-likeness (QED) is 0.716. The van der Waals surface area contributed by atoms with Crippen LogP contribution in [0.5, 0.6) is 0 Å². The van der Waals surface area contributed by atoms with Crippen LogP contribution in [0.4, 0.5) is 10.1 Å². The van der Waals surface area contributed by atoms with Crippen LogP contribution in [-0.4, -0.2) is 9.78 Å². The molecule has 2 aromatic carbocycles. The van der Waals surface area contributed by atoms with E-state index in [1.54, 1.807) is 16.9 Å². The molecule has 21 heavy (non-hydrogen) atoms. The van der Waals surface area contributed by atoms with Crippen molar-refractivity contribution in [3.8, 4) is 16.9 Å². The second kappa shape index (κ2) is 5.50. The van der Waals surface area contributed by atoms with Gasteiger partial charge in [0, 0.05) is 10.0 Å². The highest BCUT2D eigenvalue weighted by molar-refractivity contribution is 9.10. The Bertz CT molecular complexity index is 799. The fraction of sp³-hybridized carbons (Fsp3) is 0. The molecule has 106 valence electrons. The molecule has 3 rings (SSSR count). The zero-order valence-corrected chi connectivity index (χ0v) is 13.1. The number of nitrogen functional groups attached to an aromatic ring is 1. The van der Waals surface area contributed by atoms with E-state index < -0.39 is 5.82 Å². The third-order valence-electron chi connectivity index (χ3n) is 3.03. The van der Waals surface area contributed by atoms with Gasteiger partial charge in [-0.2, -0.15) is 5.10 Å². The lowest BCUT2D eigenvalue weighted by molar-refractivity contribution is 0.628. The summed E-state index contributed by atoms with van der Waals surface area (Å²) < 4.78 is 15.9. The first-order chi connectivity index (χ1) is 10.0. The van der Waals surface area contributed by atoms with E-state index in [2.05, 4.69) is 21.0 Å². The van der Waals surface area contributed by atoms with Crippen LogP contribution in [0.2, 0.25) is 5.02 Å². The molecule has 0 fully saturated rings. The van der Waals surface area contributed by atoms with Gasteiger partial charge in [-0.05, 0) is 42.5 Å². The summed E-state index contributed by atoms with van der Waals surface area (Å²) in [5.74, 6) is -0.466. The third-order valence-corrected chi connectivity index (χ3v) is 3.85. The van der Waals surface area contributed by atoms with Gasteiger partial charge in [0.2, 0.25) is 0 Å². The fourth-order valence-corrected chi connectivity index (χ4v) is 2.43. The molecular weight excluding hydrogens is 357 g/mol. The zero-order valence-electron chi connectivity index (χ0n) is 10.7. The van der Waals surface area contributed by atoms with E-state index in [-0.39, 0.29) is 5.02 Å². The minimum Gasteiger partial charge on any atom is -0.396 e. The molecule has 3 aromatic rings. The number of nitrogens with zero attached hydrogens (tertiary/aromatic N) is 2. The Balaban J connectivity index is 2.05. The average molecular weight is 367 g/mol. The first-order valence-electron chi connectivity index (χ1n) is 6.11. The molecule has 1 aromatic heterocycles. The van der Waals surface area contributed by atoms with Crippen molar-refractivity contribution in [2.75, 3.05) is 5.73 Å². The van der Waals surface area contributed by atoms with E-state index in [4.69, 9.17) is 17.3 Å². The molecule has 0 unspecified atom stereocenters. The maximum Gasteiger partial charge on any atom is 0.141 e. The van der Waals surface area contributed by atoms with Crippen molar-refractivity contribution in [3.63, 3.8) is 0 Å². The van der Waals surface area contributed by atoms with Crippen molar-refractivity contribution >= 4 is 33.2 Å². The molecule has 3 nitrogen and oxygen atoms in total. The molecule has 0 saturated heterocycles. The molecule has 2 N–H and O–H groups in total. The van der Waals surface area contributed by atoms with Crippen LogP contribution >= 0.6 is 27.5 Å². The SMILES string of the molecule is Nc1cn(-c2ccc(Br)cc2)nc1-c1ccc(F)c(Cl)c1. The topological polar surface area (TPSA) is 43.8 Å². The number of benzene rings is 2. The van der Waals surface area contributed by atoms with E-state index in [9.17, 15) is 4.39 Å². The van der Waals surface area contributed by atoms with Crippen molar-refractivity contribution < 1.29 is 4.39 Å². The monoisotopic (exact) mass is 365 g/mol. The number of hydrogen-bond donors (Lipinski definition) is 1. The van der Waals surface area contributed by atoms with Crippen molar-refractivity contribution in [1.82, 2.24) is 9.78 Å². The van der Waals surface area contributed by atoms with E-state index in [0.717, 1.165) is 10.2 Å². The molecule has 0 aliphatic heterocycles. The average Bonchev–Trinajstić information content (AvgIpc) is 2.85. The van der Waals surface area contributed by atoms with Gasteiger partial charge in [-0.25, -0.2) is 9.07 Å². The molecule has 6 heteroatoms. The number of halogens is 3. The number of nitrogens with two attached hydrogens (primary N) is 1. The van der Waals surface area contributed by atoms with Gasteiger partial charge in [0.1, 0.15) is 11.5 Å². The summed E-state index contributed by atoms with van der Waals surface area (Å²) in [6, 6.07) is 12.1. The number of hydrogen-bond acceptors (Lipinski definition) is 2. The summed E-state index contributed by atoms with van der Waals surface area (Å²) in [5.41, 5.74) is 8.62. The minimum atomic E-state index is -0.466. The Labute approximate surface area is 134 Å². The number of rotatable bonds is 2. The van der Waals surface area contributed by atoms with Crippen molar-refractivity contribution in [2.45, 2.75) is 0 Å². The van der Waals surface area contributed by atoms with Gasteiger partial charge in [-0.3, -0.25) is 0 Å². The summed E-state index contributed by atoms with van der Waals surface area (Å²) in [5, 5.41) is 4.49. The Morgan fingerprint density at radius 2 is 1.86 bits per heavy atom. The second-order valence-electron chi connectivity index (χ2n) is 4.48. The van der Waals surface area contributed by atoms with E-state index in [0.29, 0.717) is 16.9 Å². The maximum absolute atomic E-state index is 13.2. The standard InChI is InChI=1S/C15H10BrClFN3/c16-10-2-4-11(5-3-10)21-8-14(19)15(20-21)9-1-6-13(18)12(17)7-9/h1-8H,19H2. The zero-order chi connectivity index (χ0) is 15.0. The van der Waals surface area contributed by atoms with Gasteiger partial charge in [0.25, 0.3) is 0 Å². The molecule has 0 atom stereocenters. The first kappa shape index (κ1) is 14.1. The Morgan fingerprint density at radius 1 is 1.14 bits per heavy atom. The summed E-state index contributed by atoms with van der Waals surface area (Å²) in [7, 11) is 0. The van der Waals surface area contributed by atoms with Crippen LogP contribution < -0.4 is 5.73 Å². The van der Waals surface area contributed by atoms with Crippen LogP contribution in [0, 0.1) is 5.82 Å².